The molecule has 0 bridgehead atoms. The van der Waals surface area contributed by atoms with Crippen LogP contribution in [0.1, 0.15) is 5.69 Å². The molecule has 0 aliphatic carbocycles. The Hall–Kier alpha value is -4.52. The van der Waals surface area contributed by atoms with Crippen molar-refractivity contribution >= 4 is 33.5 Å². The number of halogens is 2. The van der Waals surface area contributed by atoms with Crippen LogP contribution < -0.4 is 14.8 Å². The fourth-order valence-electron chi connectivity index (χ4n) is 3.08. The molecule has 3 heterocycles. The number of para-hydroxylation sites is 2. The van der Waals surface area contributed by atoms with Gasteiger partial charge in [0.1, 0.15) is 17.9 Å². The number of carbonyl (C=O) groups is 1. The monoisotopic (exact) mass is 495 g/mol. The van der Waals surface area contributed by atoms with Crippen molar-refractivity contribution in [2.75, 3.05) is 5.32 Å². The first kappa shape index (κ1) is 22.3. The molecule has 0 fully saturated rings. The number of hydrogen-bond acceptors (Lipinski definition) is 9. The minimum absolute atomic E-state index is 0.0310. The minimum Gasteiger partial charge on any atom is -0.458 e. The van der Waals surface area contributed by atoms with Gasteiger partial charge in [0.2, 0.25) is 5.65 Å². The molecule has 0 aliphatic rings. The lowest BCUT2D eigenvalue weighted by molar-refractivity contribution is -0.187. The maximum absolute atomic E-state index is 14.2. The molecule has 35 heavy (non-hydrogen) atoms. The first-order chi connectivity index (χ1) is 17.0. The number of thiazole rings is 1. The molecule has 0 saturated heterocycles. The summed E-state index contributed by atoms with van der Waals surface area (Å²) in [7, 11) is 0. The molecule has 3 aromatic heterocycles. The predicted molar refractivity (Wildman–Crippen MR) is 122 cm³/mol. The number of nitrogens with zero attached hydrogens (tertiary/aromatic N) is 6. The number of nitrogens with one attached hydrogen (secondary N) is 1. The molecule has 176 valence electrons. The van der Waals surface area contributed by atoms with E-state index in [1.54, 1.807) is 16.0 Å². The van der Waals surface area contributed by atoms with Crippen molar-refractivity contribution in [2.45, 2.75) is 12.7 Å². The van der Waals surface area contributed by atoms with Gasteiger partial charge in [-0.2, -0.15) is 13.8 Å². The first-order valence-corrected chi connectivity index (χ1v) is 11.0. The molecule has 0 spiro atoms. The van der Waals surface area contributed by atoms with Crippen LogP contribution in [0.3, 0.4) is 0 Å². The lowest BCUT2D eigenvalue weighted by Crippen LogP contribution is -2.39. The zero-order valence-corrected chi connectivity index (χ0v) is 18.5. The minimum atomic E-state index is -4.08. The second-order valence-corrected chi connectivity index (χ2v) is 7.88. The number of rotatable bonds is 8. The Kier molecular flexibility index (Phi) is 5.97. The van der Waals surface area contributed by atoms with Crippen LogP contribution in [-0.2, 0) is 11.4 Å². The van der Waals surface area contributed by atoms with Gasteiger partial charge in [-0.3, -0.25) is 14.7 Å². The molecule has 0 atom stereocenters. The lowest BCUT2D eigenvalue weighted by Gasteiger charge is -2.16. The van der Waals surface area contributed by atoms with Crippen molar-refractivity contribution in [3.05, 3.63) is 77.9 Å². The summed E-state index contributed by atoms with van der Waals surface area (Å²) >= 11 is 0.970. The summed E-state index contributed by atoms with van der Waals surface area (Å²) in [6.45, 7) is -0.0414. The molecular weight excluding hydrogens is 480 g/mol. The number of aromatic nitrogens is 6. The van der Waals surface area contributed by atoms with Crippen LogP contribution in [0, 0.1) is 0 Å². The number of hydrogen-bond donors (Lipinski definition) is 1. The topological polar surface area (TPSA) is 117 Å². The van der Waals surface area contributed by atoms with Crippen molar-refractivity contribution in [2.24, 2.45) is 0 Å². The smallest absolute Gasteiger partial charge is 0.458 e. The first-order valence-electron chi connectivity index (χ1n) is 10.1. The van der Waals surface area contributed by atoms with Gasteiger partial charge < -0.3 is 9.47 Å². The number of anilines is 1. The highest BCUT2D eigenvalue weighted by Crippen LogP contribution is 2.27. The van der Waals surface area contributed by atoms with Gasteiger partial charge in [0, 0.05) is 5.38 Å². The van der Waals surface area contributed by atoms with Crippen molar-refractivity contribution in [1.29, 1.82) is 0 Å². The normalized spacial score (nSPS) is 11.4. The highest BCUT2D eigenvalue weighted by atomic mass is 32.1. The van der Waals surface area contributed by atoms with E-state index >= 15 is 0 Å². The van der Waals surface area contributed by atoms with Crippen LogP contribution in [0.4, 0.5) is 13.9 Å². The van der Waals surface area contributed by atoms with E-state index in [9.17, 15) is 13.6 Å². The number of amides is 1. The van der Waals surface area contributed by atoms with Crippen LogP contribution in [0.5, 0.6) is 11.8 Å². The maximum atomic E-state index is 14.2. The third kappa shape index (κ3) is 4.89. The quantitative estimate of drug-likeness (QED) is 0.345. The summed E-state index contributed by atoms with van der Waals surface area (Å²) in [4.78, 5) is 20.5. The summed E-state index contributed by atoms with van der Waals surface area (Å²) in [5, 5.41) is 14.9. The number of alkyl halides is 2. The standard InChI is InChI=1S/C22H15F2N7O3S/c23-22(24,34-16-9-5-2-6-10-16)19(32)28-20-26-14(13-35-20)12-33-21-27-18-17(11-25-30-29-18)31(21)15-7-3-1-4-8-15/h1-11,13H,12H2,(H,26,28,32). The third-order valence-electron chi connectivity index (χ3n) is 4.62. The largest absolute Gasteiger partial charge is 0.482 e. The molecule has 5 aromatic rings. The van der Waals surface area contributed by atoms with Crippen LogP contribution in [0.2, 0.25) is 0 Å². The molecule has 0 unspecified atom stereocenters. The van der Waals surface area contributed by atoms with Gasteiger partial charge in [-0.25, -0.2) is 4.98 Å². The van der Waals surface area contributed by atoms with Crippen molar-refractivity contribution in [3.8, 4) is 17.4 Å². The predicted octanol–water partition coefficient (Wildman–Crippen LogP) is 3.86. The van der Waals surface area contributed by atoms with Gasteiger partial charge in [-0.15, -0.1) is 21.5 Å². The van der Waals surface area contributed by atoms with Gasteiger partial charge in [-0.1, -0.05) is 36.4 Å². The van der Waals surface area contributed by atoms with Crippen LogP contribution in [0.15, 0.2) is 72.2 Å². The summed E-state index contributed by atoms with van der Waals surface area (Å²) in [5.41, 5.74) is 2.10. The molecule has 2 aromatic carbocycles. The van der Waals surface area contributed by atoms with Gasteiger partial charge in [-0.05, 0) is 29.5 Å². The highest BCUT2D eigenvalue weighted by molar-refractivity contribution is 7.13. The fraction of sp³-hybridized carbons (Fsp3) is 0.0909. The number of ether oxygens (including phenoxy) is 2. The van der Waals surface area contributed by atoms with Crippen LogP contribution in [0.25, 0.3) is 16.9 Å². The van der Waals surface area contributed by atoms with Gasteiger partial charge >= 0.3 is 18.0 Å². The van der Waals surface area contributed by atoms with E-state index in [0.717, 1.165) is 17.0 Å². The Bertz CT molecular complexity index is 1460. The van der Waals surface area contributed by atoms with E-state index in [1.807, 2.05) is 30.3 Å². The number of carbonyl (C=O) groups excluding carboxylic acids is 1. The average Bonchev–Trinajstić information content (AvgIpc) is 3.47. The Balaban J connectivity index is 1.28. The number of benzene rings is 2. The highest BCUT2D eigenvalue weighted by Gasteiger charge is 2.42. The number of imidazole rings is 1. The van der Waals surface area contributed by atoms with Crippen molar-refractivity contribution in [3.63, 3.8) is 0 Å². The molecular formula is C22H15F2N7O3S. The second kappa shape index (κ2) is 9.38. The van der Waals surface area contributed by atoms with E-state index in [0.29, 0.717) is 16.9 Å². The molecule has 13 heteroatoms. The molecule has 0 saturated carbocycles. The molecule has 10 nitrogen and oxygen atoms in total. The summed E-state index contributed by atoms with van der Waals surface area (Å²) < 4.78 is 40.4. The van der Waals surface area contributed by atoms with E-state index in [-0.39, 0.29) is 23.5 Å². The Morgan fingerprint density at radius 3 is 2.57 bits per heavy atom. The van der Waals surface area contributed by atoms with E-state index < -0.39 is 12.0 Å². The molecule has 5 rings (SSSR count). The maximum Gasteiger partial charge on any atom is 0.482 e. The fourth-order valence-corrected chi connectivity index (χ4v) is 3.77. The Morgan fingerprint density at radius 2 is 1.80 bits per heavy atom. The lowest BCUT2D eigenvalue weighted by atomic mass is 10.3. The van der Waals surface area contributed by atoms with E-state index in [1.165, 1.54) is 30.5 Å². The number of fused-ring (bicyclic) bond motifs is 1. The molecule has 0 radical (unpaired) electrons. The third-order valence-corrected chi connectivity index (χ3v) is 5.43. The van der Waals surface area contributed by atoms with Crippen molar-refractivity contribution < 1.29 is 23.0 Å². The SMILES string of the molecule is O=C(Nc1nc(COc2nc3nnncc3n2-c2ccccc2)cs1)C(F)(F)Oc1ccccc1. The van der Waals surface area contributed by atoms with Crippen LogP contribution >= 0.6 is 11.3 Å². The second-order valence-electron chi connectivity index (χ2n) is 7.03. The summed E-state index contributed by atoms with van der Waals surface area (Å²) in [5.74, 6) is -1.78. The van der Waals surface area contributed by atoms with Crippen LogP contribution in [-0.4, -0.2) is 42.0 Å². The summed E-state index contributed by atoms with van der Waals surface area (Å²) in [6.07, 6.45) is -2.57. The molecule has 0 aliphatic heterocycles. The van der Waals surface area contributed by atoms with Gasteiger partial charge in [0.15, 0.2) is 5.13 Å². The van der Waals surface area contributed by atoms with E-state index in [2.05, 4.69) is 35.4 Å². The van der Waals surface area contributed by atoms with Gasteiger partial charge in [0.05, 0.1) is 17.6 Å². The summed E-state index contributed by atoms with van der Waals surface area (Å²) in [6, 6.07) is 16.9. The zero-order valence-electron chi connectivity index (χ0n) is 17.7. The van der Waals surface area contributed by atoms with Gasteiger partial charge in [0.25, 0.3) is 0 Å². The Labute approximate surface area is 200 Å². The molecule has 1 N–H and O–H groups in total. The average molecular weight is 495 g/mol. The zero-order chi connectivity index (χ0) is 24.3. The molecule has 1 amide bonds. The Morgan fingerprint density at radius 1 is 1.06 bits per heavy atom. The van der Waals surface area contributed by atoms with Crippen molar-refractivity contribution in [1.82, 2.24) is 29.9 Å². The van der Waals surface area contributed by atoms with E-state index in [4.69, 9.17) is 4.74 Å².